The van der Waals surface area contributed by atoms with Crippen molar-refractivity contribution in [1.82, 2.24) is 10.2 Å². The van der Waals surface area contributed by atoms with Crippen LogP contribution >= 0.6 is 11.3 Å². The lowest BCUT2D eigenvalue weighted by Gasteiger charge is -2.21. The van der Waals surface area contributed by atoms with E-state index in [1.165, 1.54) is 5.56 Å². The zero-order chi connectivity index (χ0) is 17.6. The number of rotatable bonds is 7. The van der Waals surface area contributed by atoms with Gasteiger partial charge in [-0.1, -0.05) is 35.9 Å². The highest BCUT2D eigenvalue weighted by Crippen LogP contribution is 2.26. The Balaban J connectivity index is 1.67. The van der Waals surface area contributed by atoms with Crippen molar-refractivity contribution in [3.05, 3.63) is 81.9 Å². The molecule has 0 radical (unpaired) electrons. The summed E-state index contributed by atoms with van der Waals surface area (Å²) in [5, 5.41) is 5.20. The zero-order valence-electron chi connectivity index (χ0n) is 14.4. The van der Waals surface area contributed by atoms with Crippen molar-refractivity contribution >= 4 is 17.2 Å². The van der Waals surface area contributed by atoms with Crippen molar-refractivity contribution in [3.63, 3.8) is 0 Å². The maximum Gasteiger partial charge on any atom is 0.234 e. The Labute approximate surface area is 152 Å². The first-order valence-corrected chi connectivity index (χ1v) is 9.10. The predicted molar refractivity (Wildman–Crippen MR) is 101 cm³/mol. The predicted octanol–water partition coefficient (Wildman–Crippen LogP) is 3.99. The van der Waals surface area contributed by atoms with E-state index in [-0.39, 0.29) is 11.9 Å². The van der Waals surface area contributed by atoms with E-state index in [2.05, 4.69) is 42.6 Å². The fourth-order valence-electron chi connectivity index (χ4n) is 2.71. The largest absolute Gasteiger partial charge is 0.468 e. The molecular formula is C20H22N2O2S. The van der Waals surface area contributed by atoms with Gasteiger partial charge in [0.15, 0.2) is 0 Å². The molecule has 0 saturated heterocycles. The number of likely N-dealkylation sites (N-methyl/N-ethyl adjacent to an activating group) is 1. The molecule has 0 bridgehead atoms. The van der Waals surface area contributed by atoms with Gasteiger partial charge in [0.25, 0.3) is 0 Å². The van der Waals surface area contributed by atoms with E-state index in [4.69, 9.17) is 4.42 Å². The molecule has 1 atom stereocenters. The molecule has 2 aromatic heterocycles. The van der Waals surface area contributed by atoms with E-state index in [0.717, 1.165) is 16.2 Å². The van der Waals surface area contributed by atoms with E-state index in [0.29, 0.717) is 13.1 Å². The molecule has 1 aromatic carbocycles. The summed E-state index contributed by atoms with van der Waals surface area (Å²) in [5.41, 5.74) is 2.30. The van der Waals surface area contributed by atoms with Gasteiger partial charge in [-0.3, -0.25) is 9.69 Å². The van der Waals surface area contributed by atoms with Crippen molar-refractivity contribution in [1.29, 1.82) is 0 Å². The number of carbonyl (C=O) groups is 1. The average molecular weight is 354 g/mol. The summed E-state index contributed by atoms with van der Waals surface area (Å²) >= 11 is 1.65. The SMILES string of the molecule is Cc1ccc(C(NC(=O)CN(C)Cc2ccco2)c2cccs2)cc1. The van der Waals surface area contributed by atoms with Gasteiger partial charge in [0.1, 0.15) is 5.76 Å². The topological polar surface area (TPSA) is 45.5 Å². The van der Waals surface area contributed by atoms with Gasteiger partial charge in [-0.25, -0.2) is 0 Å². The minimum atomic E-state index is -0.120. The lowest BCUT2D eigenvalue weighted by molar-refractivity contribution is -0.122. The van der Waals surface area contributed by atoms with E-state index in [1.807, 2.05) is 35.5 Å². The van der Waals surface area contributed by atoms with Crippen molar-refractivity contribution in [3.8, 4) is 0 Å². The summed E-state index contributed by atoms with van der Waals surface area (Å²) in [6, 6.07) is 16.0. The van der Waals surface area contributed by atoms with Crippen LogP contribution in [0.25, 0.3) is 0 Å². The fourth-order valence-corrected chi connectivity index (χ4v) is 3.51. The molecular weight excluding hydrogens is 332 g/mol. The Kier molecular flexibility index (Phi) is 5.68. The number of hydrogen-bond donors (Lipinski definition) is 1. The maximum atomic E-state index is 12.5. The second kappa shape index (κ2) is 8.14. The van der Waals surface area contributed by atoms with E-state index < -0.39 is 0 Å². The summed E-state index contributed by atoms with van der Waals surface area (Å²) in [6.07, 6.45) is 1.65. The first-order valence-electron chi connectivity index (χ1n) is 8.22. The average Bonchev–Trinajstić information content (AvgIpc) is 3.27. The lowest BCUT2D eigenvalue weighted by Crippen LogP contribution is -2.37. The quantitative estimate of drug-likeness (QED) is 0.698. The summed E-state index contributed by atoms with van der Waals surface area (Å²) in [4.78, 5) is 15.6. The first kappa shape index (κ1) is 17.5. The van der Waals surface area contributed by atoms with E-state index >= 15 is 0 Å². The third-order valence-corrected chi connectivity index (χ3v) is 4.90. The molecule has 0 aliphatic heterocycles. The van der Waals surface area contributed by atoms with Crippen LogP contribution in [-0.4, -0.2) is 24.4 Å². The van der Waals surface area contributed by atoms with Crippen LogP contribution in [0.4, 0.5) is 0 Å². The first-order chi connectivity index (χ1) is 12.1. The Bertz CT molecular complexity index is 780. The molecule has 3 aromatic rings. The molecule has 0 aliphatic rings. The number of hydrogen-bond acceptors (Lipinski definition) is 4. The highest BCUT2D eigenvalue weighted by molar-refractivity contribution is 7.10. The second-order valence-corrected chi connectivity index (χ2v) is 7.16. The van der Waals surface area contributed by atoms with Gasteiger partial charge in [-0.2, -0.15) is 0 Å². The summed E-state index contributed by atoms with van der Waals surface area (Å²) < 4.78 is 5.33. The van der Waals surface area contributed by atoms with Crippen LogP contribution in [0.3, 0.4) is 0 Å². The number of benzene rings is 1. The highest BCUT2D eigenvalue weighted by Gasteiger charge is 2.19. The fraction of sp³-hybridized carbons (Fsp3) is 0.250. The van der Waals surface area contributed by atoms with Crippen LogP contribution in [0.5, 0.6) is 0 Å². The number of amides is 1. The number of aryl methyl sites for hydroxylation is 1. The minimum absolute atomic E-state index is 0.00645. The van der Waals surface area contributed by atoms with Crippen molar-refractivity contribution in [2.45, 2.75) is 19.5 Å². The monoisotopic (exact) mass is 354 g/mol. The highest BCUT2D eigenvalue weighted by atomic mass is 32.1. The number of nitrogens with one attached hydrogen (secondary N) is 1. The van der Waals surface area contributed by atoms with Gasteiger partial charge in [0, 0.05) is 4.88 Å². The molecule has 2 heterocycles. The van der Waals surface area contributed by atoms with Crippen LogP contribution in [-0.2, 0) is 11.3 Å². The third kappa shape index (κ3) is 4.81. The van der Waals surface area contributed by atoms with Crippen molar-refractivity contribution in [2.75, 3.05) is 13.6 Å². The standard InChI is InChI=1S/C20H22N2O2S/c1-15-7-9-16(10-8-15)20(18-6-4-12-25-18)21-19(23)14-22(2)13-17-5-3-11-24-17/h3-12,20H,13-14H2,1-2H3,(H,21,23). The van der Waals surface area contributed by atoms with Crippen LogP contribution < -0.4 is 5.32 Å². The third-order valence-electron chi connectivity index (χ3n) is 3.96. The minimum Gasteiger partial charge on any atom is -0.468 e. The summed E-state index contributed by atoms with van der Waals surface area (Å²) in [5.74, 6) is 0.844. The van der Waals surface area contributed by atoms with Gasteiger partial charge in [0.05, 0.1) is 25.4 Å². The molecule has 3 rings (SSSR count). The maximum absolute atomic E-state index is 12.5. The number of furan rings is 1. The Morgan fingerprint density at radius 3 is 2.64 bits per heavy atom. The molecule has 0 spiro atoms. The Morgan fingerprint density at radius 1 is 1.20 bits per heavy atom. The summed E-state index contributed by atoms with van der Waals surface area (Å²) in [6.45, 7) is 2.98. The summed E-state index contributed by atoms with van der Waals surface area (Å²) in [7, 11) is 1.91. The molecule has 0 saturated carbocycles. The van der Waals surface area contributed by atoms with Gasteiger partial charge in [-0.15, -0.1) is 11.3 Å². The molecule has 130 valence electrons. The number of carbonyl (C=O) groups excluding carboxylic acids is 1. The number of thiophene rings is 1. The molecule has 1 unspecified atom stereocenters. The number of nitrogens with zero attached hydrogens (tertiary/aromatic N) is 1. The molecule has 0 aliphatic carbocycles. The van der Waals surface area contributed by atoms with Gasteiger partial charge in [-0.05, 0) is 43.1 Å². The van der Waals surface area contributed by atoms with Gasteiger partial charge < -0.3 is 9.73 Å². The van der Waals surface area contributed by atoms with Crippen LogP contribution in [0.1, 0.15) is 27.8 Å². The molecule has 25 heavy (non-hydrogen) atoms. The Morgan fingerprint density at radius 2 is 2.00 bits per heavy atom. The molecule has 5 heteroatoms. The van der Waals surface area contributed by atoms with Crippen molar-refractivity contribution in [2.24, 2.45) is 0 Å². The van der Waals surface area contributed by atoms with E-state index in [1.54, 1.807) is 17.6 Å². The molecule has 4 nitrogen and oxygen atoms in total. The zero-order valence-corrected chi connectivity index (χ0v) is 15.3. The molecule has 0 fully saturated rings. The second-order valence-electron chi connectivity index (χ2n) is 6.18. The Hall–Kier alpha value is -2.37. The molecule has 1 amide bonds. The van der Waals surface area contributed by atoms with E-state index in [9.17, 15) is 4.79 Å². The van der Waals surface area contributed by atoms with Gasteiger partial charge >= 0.3 is 0 Å². The van der Waals surface area contributed by atoms with Crippen molar-refractivity contribution < 1.29 is 9.21 Å². The van der Waals surface area contributed by atoms with Crippen LogP contribution in [0.2, 0.25) is 0 Å². The molecule has 1 N–H and O–H groups in total. The lowest BCUT2D eigenvalue weighted by atomic mass is 10.0. The van der Waals surface area contributed by atoms with Crippen LogP contribution in [0.15, 0.2) is 64.6 Å². The normalized spacial score (nSPS) is 12.3. The van der Waals surface area contributed by atoms with Crippen LogP contribution in [0, 0.1) is 6.92 Å². The van der Waals surface area contributed by atoms with Gasteiger partial charge in [0.2, 0.25) is 5.91 Å². The smallest absolute Gasteiger partial charge is 0.234 e.